The van der Waals surface area contributed by atoms with Crippen LogP contribution in [0.2, 0.25) is 0 Å². The van der Waals surface area contributed by atoms with Gasteiger partial charge in [-0.05, 0) is 62.2 Å². The number of amides is 1. The molecule has 6 heteroatoms. The fourth-order valence-corrected chi connectivity index (χ4v) is 2.29. The fraction of sp³-hybridized carbons (Fsp3) is 0.300. The zero-order valence-electron chi connectivity index (χ0n) is 15.8. The van der Waals surface area contributed by atoms with Crippen LogP contribution in [0.15, 0.2) is 41.5 Å². The van der Waals surface area contributed by atoms with Crippen molar-refractivity contribution in [2.45, 2.75) is 20.8 Å². The molecule has 0 spiro atoms. The van der Waals surface area contributed by atoms with Gasteiger partial charge in [-0.1, -0.05) is 6.07 Å². The number of carbonyl (C=O) groups is 1. The van der Waals surface area contributed by atoms with Gasteiger partial charge in [0.05, 0.1) is 19.9 Å². The molecule has 0 atom stereocenters. The molecule has 1 amide bonds. The van der Waals surface area contributed by atoms with E-state index in [4.69, 9.17) is 14.2 Å². The third-order valence-electron chi connectivity index (χ3n) is 3.99. The summed E-state index contributed by atoms with van der Waals surface area (Å²) in [6, 6.07) is 11.1. The molecule has 138 valence electrons. The first-order valence-corrected chi connectivity index (χ1v) is 8.20. The van der Waals surface area contributed by atoms with Crippen molar-refractivity contribution in [3.63, 3.8) is 0 Å². The predicted octanol–water partition coefficient (Wildman–Crippen LogP) is 3.24. The quantitative estimate of drug-likeness (QED) is 0.611. The summed E-state index contributed by atoms with van der Waals surface area (Å²) in [6.07, 6.45) is 0. The molecule has 0 fully saturated rings. The number of nitrogens with zero attached hydrogens (tertiary/aromatic N) is 1. The summed E-state index contributed by atoms with van der Waals surface area (Å²) >= 11 is 0. The van der Waals surface area contributed by atoms with Crippen LogP contribution in [0.3, 0.4) is 0 Å². The second-order valence-electron chi connectivity index (χ2n) is 5.83. The van der Waals surface area contributed by atoms with Gasteiger partial charge in [0.1, 0.15) is 17.2 Å². The summed E-state index contributed by atoms with van der Waals surface area (Å²) in [5, 5.41) is 4.12. The number of aryl methyl sites for hydroxylation is 2. The van der Waals surface area contributed by atoms with E-state index in [9.17, 15) is 4.79 Å². The normalized spacial score (nSPS) is 11.0. The largest absolute Gasteiger partial charge is 0.497 e. The number of ether oxygens (including phenoxy) is 3. The van der Waals surface area contributed by atoms with E-state index in [1.54, 1.807) is 39.3 Å². The molecule has 1 N–H and O–H groups in total. The molecule has 0 aliphatic heterocycles. The van der Waals surface area contributed by atoms with E-state index < -0.39 is 0 Å². The number of benzene rings is 2. The maximum Gasteiger partial charge on any atom is 0.277 e. The van der Waals surface area contributed by atoms with Crippen LogP contribution >= 0.6 is 0 Å². The molecule has 0 unspecified atom stereocenters. The van der Waals surface area contributed by atoms with E-state index in [0.29, 0.717) is 23.0 Å². The second-order valence-corrected chi connectivity index (χ2v) is 5.83. The summed E-state index contributed by atoms with van der Waals surface area (Å²) in [5.74, 6) is 1.63. The Bertz CT molecular complexity index is 815. The minimum Gasteiger partial charge on any atom is -0.497 e. The molecule has 0 aliphatic rings. The van der Waals surface area contributed by atoms with Crippen LogP contribution in [0.5, 0.6) is 17.2 Å². The van der Waals surface area contributed by atoms with E-state index in [2.05, 4.69) is 10.5 Å². The summed E-state index contributed by atoms with van der Waals surface area (Å²) < 4.78 is 16.0. The molecule has 0 saturated heterocycles. The lowest BCUT2D eigenvalue weighted by atomic mass is 10.1. The fourth-order valence-electron chi connectivity index (χ4n) is 2.29. The molecule has 0 heterocycles. The maximum atomic E-state index is 12.0. The van der Waals surface area contributed by atoms with Crippen molar-refractivity contribution >= 4 is 11.6 Å². The number of hydrogen-bond acceptors (Lipinski definition) is 5. The molecule has 6 nitrogen and oxygen atoms in total. The van der Waals surface area contributed by atoms with Gasteiger partial charge in [-0.15, -0.1) is 0 Å². The highest BCUT2D eigenvalue weighted by Gasteiger charge is 2.09. The third kappa shape index (κ3) is 4.99. The van der Waals surface area contributed by atoms with Crippen molar-refractivity contribution in [2.24, 2.45) is 5.10 Å². The van der Waals surface area contributed by atoms with Crippen molar-refractivity contribution in [2.75, 3.05) is 20.8 Å². The molecule has 0 aromatic heterocycles. The summed E-state index contributed by atoms with van der Waals surface area (Å²) in [6.45, 7) is 5.68. The molecule has 0 aliphatic carbocycles. The van der Waals surface area contributed by atoms with Crippen LogP contribution in [0, 0.1) is 13.8 Å². The molecule has 0 saturated carbocycles. The molecule has 0 radical (unpaired) electrons. The van der Waals surface area contributed by atoms with Gasteiger partial charge in [-0.3, -0.25) is 4.79 Å². The van der Waals surface area contributed by atoms with Gasteiger partial charge in [-0.2, -0.15) is 5.10 Å². The topological polar surface area (TPSA) is 69.2 Å². The Labute approximate surface area is 153 Å². The number of carbonyl (C=O) groups excluding carboxylic acids is 1. The first-order valence-electron chi connectivity index (χ1n) is 8.20. The first-order chi connectivity index (χ1) is 12.4. The lowest BCUT2D eigenvalue weighted by molar-refractivity contribution is -0.123. The van der Waals surface area contributed by atoms with Crippen LogP contribution in [-0.4, -0.2) is 32.4 Å². The zero-order chi connectivity index (χ0) is 19.1. The Balaban J connectivity index is 1.99. The van der Waals surface area contributed by atoms with E-state index >= 15 is 0 Å². The molecule has 26 heavy (non-hydrogen) atoms. The zero-order valence-corrected chi connectivity index (χ0v) is 15.8. The van der Waals surface area contributed by atoms with Crippen LogP contribution in [-0.2, 0) is 4.79 Å². The molecule has 2 aromatic rings. The van der Waals surface area contributed by atoms with Gasteiger partial charge in [0.2, 0.25) is 0 Å². The number of hydrogen-bond donors (Lipinski definition) is 1. The van der Waals surface area contributed by atoms with Crippen LogP contribution in [0.25, 0.3) is 0 Å². The van der Waals surface area contributed by atoms with E-state index in [0.717, 1.165) is 11.1 Å². The third-order valence-corrected chi connectivity index (χ3v) is 3.99. The van der Waals surface area contributed by atoms with Crippen LogP contribution in [0.1, 0.15) is 23.6 Å². The van der Waals surface area contributed by atoms with Gasteiger partial charge in [-0.25, -0.2) is 5.43 Å². The standard InChI is InChI=1S/C20H24N2O4/c1-13-6-7-17(10-14(13)2)26-12-20(23)22-21-15(3)18-11-16(24-4)8-9-19(18)25-5/h6-11H,12H2,1-5H3,(H,22,23)/b21-15-. The second kappa shape index (κ2) is 8.89. The average molecular weight is 356 g/mol. The van der Waals surface area contributed by atoms with Gasteiger partial charge < -0.3 is 14.2 Å². The first kappa shape index (κ1) is 19.3. The lowest BCUT2D eigenvalue weighted by Crippen LogP contribution is -2.25. The Morgan fingerprint density at radius 2 is 1.73 bits per heavy atom. The monoisotopic (exact) mass is 356 g/mol. The molecule has 2 aromatic carbocycles. The average Bonchev–Trinajstić information content (AvgIpc) is 2.66. The van der Waals surface area contributed by atoms with Crippen molar-refractivity contribution in [3.05, 3.63) is 53.1 Å². The highest BCUT2D eigenvalue weighted by atomic mass is 16.5. The molecular formula is C20H24N2O4. The number of rotatable bonds is 7. The van der Waals surface area contributed by atoms with Crippen molar-refractivity contribution in [3.8, 4) is 17.2 Å². The molecular weight excluding hydrogens is 332 g/mol. The minimum absolute atomic E-state index is 0.117. The minimum atomic E-state index is -0.343. The Kier molecular flexibility index (Phi) is 6.60. The van der Waals surface area contributed by atoms with Gasteiger partial charge in [0, 0.05) is 5.56 Å². The van der Waals surface area contributed by atoms with Crippen molar-refractivity contribution in [1.29, 1.82) is 0 Å². The maximum absolute atomic E-state index is 12.0. The smallest absolute Gasteiger partial charge is 0.277 e. The Morgan fingerprint density at radius 1 is 1.00 bits per heavy atom. The highest BCUT2D eigenvalue weighted by molar-refractivity contribution is 6.02. The number of hydrazone groups is 1. The Morgan fingerprint density at radius 3 is 2.38 bits per heavy atom. The lowest BCUT2D eigenvalue weighted by Gasteiger charge is -2.11. The predicted molar refractivity (Wildman–Crippen MR) is 101 cm³/mol. The van der Waals surface area contributed by atoms with E-state index in [-0.39, 0.29) is 12.5 Å². The number of nitrogens with one attached hydrogen (secondary N) is 1. The van der Waals surface area contributed by atoms with E-state index in [1.807, 2.05) is 32.0 Å². The van der Waals surface area contributed by atoms with Crippen molar-refractivity contribution in [1.82, 2.24) is 5.43 Å². The van der Waals surface area contributed by atoms with Gasteiger partial charge >= 0.3 is 0 Å². The molecule has 2 rings (SSSR count). The Hall–Kier alpha value is -3.02. The van der Waals surface area contributed by atoms with Crippen LogP contribution < -0.4 is 19.6 Å². The van der Waals surface area contributed by atoms with E-state index in [1.165, 1.54) is 5.56 Å². The van der Waals surface area contributed by atoms with Crippen LogP contribution in [0.4, 0.5) is 0 Å². The van der Waals surface area contributed by atoms with Gasteiger partial charge in [0.25, 0.3) is 5.91 Å². The van der Waals surface area contributed by atoms with Gasteiger partial charge in [0.15, 0.2) is 6.61 Å². The van der Waals surface area contributed by atoms with Crippen molar-refractivity contribution < 1.29 is 19.0 Å². The number of methoxy groups -OCH3 is 2. The SMILES string of the molecule is COc1ccc(OC)c(/C(C)=N\NC(=O)COc2ccc(C)c(C)c2)c1. The molecule has 0 bridgehead atoms. The highest BCUT2D eigenvalue weighted by Crippen LogP contribution is 2.24. The summed E-state index contributed by atoms with van der Waals surface area (Å²) in [7, 11) is 3.17. The summed E-state index contributed by atoms with van der Waals surface area (Å²) in [4.78, 5) is 12.0. The summed E-state index contributed by atoms with van der Waals surface area (Å²) in [5.41, 5.74) is 6.12.